The first kappa shape index (κ1) is 12.1. The van der Waals surface area contributed by atoms with Crippen LogP contribution in [-0.2, 0) is 0 Å². The molecule has 92 valence electrons. The number of para-hydroxylation sites is 1. The van der Waals surface area contributed by atoms with E-state index < -0.39 is 0 Å². The van der Waals surface area contributed by atoms with Crippen LogP contribution in [0.3, 0.4) is 0 Å². The second kappa shape index (κ2) is 5.82. The first-order valence-corrected chi connectivity index (χ1v) is 6.29. The summed E-state index contributed by atoms with van der Waals surface area (Å²) in [7, 11) is 0. The lowest BCUT2D eigenvalue weighted by Gasteiger charge is -2.12. The van der Waals surface area contributed by atoms with E-state index in [1.807, 2.05) is 24.3 Å². The third-order valence-electron chi connectivity index (χ3n) is 3.05. The number of hydrogen-bond donors (Lipinski definition) is 1. The molecule has 1 fully saturated rings. The Morgan fingerprint density at radius 2 is 2.29 bits per heavy atom. The van der Waals surface area contributed by atoms with Crippen molar-refractivity contribution < 1.29 is 9.53 Å². The van der Waals surface area contributed by atoms with Crippen LogP contribution in [0.5, 0.6) is 5.75 Å². The molecule has 0 spiro atoms. The zero-order chi connectivity index (χ0) is 12.1. The predicted molar refractivity (Wildman–Crippen MR) is 67.5 cm³/mol. The first-order chi connectivity index (χ1) is 8.33. The molecular weight excluding hydrogens is 214 g/mol. The van der Waals surface area contributed by atoms with E-state index in [4.69, 9.17) is 4.74 Å². The van der Waals surface area contributed by atoms with Crippen molar-refractivity contribution >= 4 is 5.78 Å². The molecule has 1 atom stereocenters. The van der Waals surface area contributed by atoms with Crippen molar-refractivity contribution in [2.45, 2.75) is 19.8 Å². The van der Waals surface area contributed by atoms with Gasteiger partial charge in [-0.25, -0.2) is 0 Å². The third kappa shape index (κ3) is 2.86. The number of carbonyl (C=O) groups excluding carboxylic acids is 1. The zero-order valence-corrected chi connectivity index (χ0v) is 10.2. The van der Waals surface area contributed by atoms with Gasteiger partial charge in [-0.15, -0.1) is 0 Å². The van der Waals surface area contributed by atoms with Gasteiger partial charge in [-0.2, -0.15) is 0 Å². The fraction of sp³-hybridized carbons (Fsp3) is 0.500. The van der Waals surface area contributed by atoms with E-state index in [0.29, 0.717) is 6.61 Å². The van der Waals surface area contributed by atoms with Gasteiger partial charge in [0.25, 0.3) is 0 Å². The van der Waals surface area contributed by atoms with E-state index in [1.165, 1.54) is 0 Å². The first-order valence-electron chi connectivity index (χ1n) is 6.29. The van der Waals surface area contributed by atoms with E-state index in [0.717, 1.165) is 37.2 Å². The Morgan fingerprint density at radius 3 is 3.00 bits per heavy atom. The van der Waals surface area contributed by atoms with Gasteiger partial charge >= 0.3 is 0 Å². The number of benzene rings is 1. The number of ketones is 1. The highest BCUT2D eigenvalue weighted by molar-refractivity contribution is 6.00. The largest absolute Gasteiger partial charge is 0.493 e. The summed E-state index contributed by atoms with van der Waals surface area (Å²) in [5, 5.41) is 3.22. The molecule has 1 aliphatic heterocycles. The number of nitrogens with one attached hydrogen (secondary N) is 1. The fourth-order valence-electron chi connectivity index (χ4n) is 2.11. The number of rotatable bonds is 5. The minimum Gasteiger partial charge on any atom is -0.493 e. The van der Waals surface area contributed by atoms with Crippen LogP contribution in [0.15, 0.2) is 24.3 Å². The average Bonchev–Trinajstić information content (AvgIpc) is 2.89. The summed E-state index contributed by atoms with van der Waals surface area (Å²) >= 11 is 0. The quantitative estimate of drug-likeness (QED) is 0.793. The Balaban J connectivity index is 2.15. The van der Waals surface area contributed by atoms with Gasteiger partial charge in [0.05, 0.1) is 12.2 Å². The number of carbonyl (C=O) groups is 1. The average molecular weight is 233 g/mol. The second-order valence-corrected chi connectivity index (χ2v) is 4.40. The zero-order valence-electron chi connectivity index (χ0n) is 10.2. The van der Waals surface area contributed by atoms with Gasteiger partial charge in [-0.3, -0.25) is 4.79 Å². The summed E-state index contributed by atoms with van der Waals surface area (Å²) in [6.45, 7) is 4.45. The van der Waals surface area contributed by atoms with Crippen LogP contribution < -0.4 is 10.1 Å². The lowest BCUT2D eigenvalue weighted by atomic mass is 9.96. The van der Waals surface area contributed by atoms with Gasteiger partial charge in [0.2, 0.25) is 0 Å². The SMILES string of the molecule is CCCOc1ccccc1C(=O)C1CCNC1. The monoisotopic (exact) mass is 233 g/mol. The maximum Gasteiger partial charge on any atom is 0.170 e. The molecule has 1 N–H and O–H groups in total. The number of hydrogen-bond acceptors (Lipinski definition) is 3. The predicted octanol–water partition coefficient (Wildman–Crippen LogP) is 2.27. The highest BCUT2D eigenvalue weighted by atomic mass is 16.5. The number of ether oxygens (including phenoxy) is 1. The highest BCUT2D eigenvalue weighted by Crippen LogP contribution is 2.24. The molecular formula is C14H19NO2. The van der Waals surface area contributed by atoms with Gasteiger partial charge in [-0.1, -0.05) is 19.1 Å². The molecule has 3 nitrogen and oxygen atoms in total. The van der Waals surface area contributed by atoms with Crippen LogP contribution in [-0.4, -0.2) is 25.5 Å². The smallest absolute Gasteiger partial charge is 0.170 e. The van der Waals surface area contributed by atoms with Crippen molar-refractivity contribution in [1.29, 1.82) is 0 Å². The molecule has 1 heterocycles. The minimum atomic E-state index is 0.112. The normalized spacial score (nSPS) is 19.2. The fourth-order valence-corrected chi connectivity index (χ4v) is 2.11. The lowest BCUT2D eigenvalue weighted by Crippen LogP contribution is -2.18. The van der Waals surface area contributed by atoms with Crippen molar-refractivity contribution in [2.75, 3.05) is 19.7 Å². The van der Waals surface area contributed by atoms with Crippen LogP contribution in [0.25, 0.3) is 0 Å². The molecule has 0 radical (unpaired) electrons. The summed E-state index contributed by atoms with van der Waals surface area (Å²) in [4.78, 5) is 12.3. The van der Waals surface area contributed by atoms with Crippen molar-refractivity contribution in [3.05, 3.63) is 29.8 Å². The molecule has 0 aromatic heterocycles. The molecule has 3 heteroatoms. The van der Waals surface area contributed by atoms with Crippen LogP contribution >= 0.6 is 0 Å². The van der Waals surface area contributed by atoms with Gasteiger partial charge in [-0.05, 0) is 31.5 Å². The molecule has 1 unspecified atom stereocenters. The molecule has 1 saturated heterocycles. The van der Waals surface area contributed by atoms with Crippen LogP contribution in [0.4, 0.5) is 0 Å². The second-order valence-electron chi connectivity index (χ2n) is 4.40. The minimum absolute atomic E-state index is 0.112. The summed E-state index contributed by atoms with van der Waals surface area (Å²) in [5.74, 6) is 1.05. The Labute approximate surface area is 102 Å². The Kier molecular flexibility index (Phi) is 4.15. The van der Waals surface area contributed by atoms with Crippen molar-refractivity contribution in [1.82, 2.24) is 5.32 Å². The molecule has 1 aromatic carbocycles. The van der Waals surface area contributed by atoms with Crippen LogP contribution in [0, 0.1) is 5.92 Å². The maximum atomic E-state index is 12.3. The summed E-state index contributed by atoms with van der Waals surface area (Å²) < 4.78 is 5.63. The summed E-state index contributed by atoms with van der Waals surface area (Å²) in [5.41, 5.74) is 0.731. The van der Waals surface area contributed by atoms with E-state index in [-0.39, 0.29) is 11.7 Å². The van der Waals surface area contributed by atoms with E-state index in [1.54, 1.807) is 0 Å². The van der Waals surface area contributed by atoms with E-state index in [2.05, 4.69) is 12.2 Å². The van der Waals surface area contributed by atoms with Gasteiger partial charge < -0.3 is 10.1 Å². The van der Waals surface area contributed by atoms with E-state index in [9.17, 15) is 4.79 Å². The molecule has 0 saturated carbocycles. The highest BCUT2D eigenvalue weighted by Gasteiger charge is 2.25. The third-order valence-corrected chi connectivity index (χ3v) is 3.05. The van der Waals surface area contributed by atoms with Gasteiger partial charge in [0.1, 0.15) is 5.75 Å². The maximum absolute atomic E-state index is 12.3. The topological polar surface area (TPSA) is 38.3 Å². The van der Waals surface area contributed by atoms with Gasteiger partial charge in [0, 0.05) is 12.5 Å². The molecule has 1 aromatic rings. The molecule has 2 rings (SSSR count). The Hall–Kier alpha value is -1.35. The van der Waals surface area contributed by atoms with E-state index >= 15 is 0 Å². The standard InChI is InChI=1S/C14H19NO2/c1-2-9-17-13-6-4-3-5-12(13)14(16)11-7-8-15-10-11/h3-6,11,15H,2,7-10H2,1H3. The summed E-state index contributed by atoms with van der Waals surface area (Å²) in [6, 6.07) is 7.56. The molecule has 17 heavy (non-hydrogen) atoms. The molecule has 0 aliphatic carbocycles. The summed E-state index contributed by atoms with van der Waals surface area (Å²) in [6.07, 6.45) is 1.88. The van der Waals surface area contributed by atoms with Crippen LogP contribution in [0.1, 0.15) is 30.1 Å². The Bertz CT molecular complexity index is 384. The van der Waals surface area contributed by atoms with Crippen molar-refractivity contribution in [3.8, 4) is 5.75 Å². The molecule has 0 bridgehead atoms. The lowest BCUT2D eigenvalue weighted by molar-refractivity contribution is 0.0926. The van der Waals surface area contributed by atoms with Gasteiger partial charge in [0.15, 0.2) is 5.78 Å². The van der Waals surface area contributed by atoms with Crippen molar-refractivity contribution in [2.24, 2.45) is 5.92 Å². The molecule has 0 amide bonds. The molecule has 1 aliphatic rings. The Morgan fingerprint density at radius 1 is 1.47 bits per heavy atom. The van der Waals surface area contributed by atoms with Crippen molar-refractivity contribution in [3.63, 3.8) is 0 Å². The van der Waals surface area contributed by atoms with Crippen LogP contribution in [0.2, 0.25) is 0 Å². The number of Topliss-reactive ketones (excluding diaryl/α,β-unsaturated/α-hetero) is 1.